The maximum Gasteiger partial charge on any atom is 0.227 e. The molecule has 6 nitrogen and oxygen atoms in total. The third kappa shape index (κ3) is 5.48. The van der Waals surface area contributed by atoms with Crippen molar-refractivity contribution >= 4 is 5.91 Å². The zero-order valence-electron chi connectivity index (χ0n) is 15.6. The van der Waals surface area contributed by atoms with Gasteiger partial charge < -0.3 is 9.84 Å². The number of hydrogen-bond acceptors (Lipinski definition) is 5. The van der Waals surface area contributed by atoms with Gasteiger partial charge in [0.25, 0.3) is 0 Å². The monoisotopic (exact) mass is 364 g/mol. The zero-order valence-corrected chi connectivity index (χ0v) is 15.6. The number of aryl methyl sites for hydroxylation is 1. The second-order valence-corrected chi connectivity index (χ2v) is 6.89. The van der Waals surface area contributed by atoms with E-state index < -0.39 is 0 Å². The van der Waals surface area contributed by atoms with Crippen LogP contribution in [0.1, 0.15) is 44.2 Å². The summed E-state index contributed by atoms with van der Waals surface area (Å²) in [6.45, 7) is 4.30. The summed E-state index contributed by atoms with van der Waals surface area (Å²) >= 11 is 0. The van der Waals surface area contributed by atoms with Crippen LogP contribution < -0.4 is 5.32 Å². The SMILES string of the molecule is CC(C)CC(NC(=O)CCc1nc(-c2ccccn2)no1)c1ccccc1. The number of aromatic nitrogens is 3. The van der Waals surface area contributed by atoms with Crippen LogP contribution >= 0.6 is 0 Å². The summed E-state index contributed by atoms with van der Waals surface area (Å²) in [7, 11) is 0. The Morgan fingerprint density at radius 1 is 1.11 bits per heavy atom. The van der Waals surface area contributed by atoms with Crippen LogP contribution in [-0.2, 0) is 11.2 Å². The van der Waals surface area contributed by atoms with E-state index in [4.69, 9.17) is 4.52 Å². The Morgan fingerprint density at radius 2 is 1.89 bits per heavy atom. The summed E-state index contributed by atoms with van der Waals surface area (Å²) in [6, 6.07) is 15.6. The van der Waals surface area contributed by atoms with Crippen LogP contribution in [0.15, 0.2) is 59.3 Å². The number of pyridine rings is 1. The fourth-order valence-electron chi connectivity index (χ4n) is 2.88. The molecule has 1 unspecified atom stereocenters. The number of amides is 1. The predicted molar refractivity (Wildman–Crippen MR) is 103 cm³/mol. The lowest BCUT2D eigenvalue weighted by molar-refractivity contribution is -0.122. The molecule has 140 valence electrons. The molecular weight excluding hydrogens is 340 g/mol. The topological polar surface area (TPSA) is 80.9 Å². The molecule has 2 aromatic heterocycles. The van der Waals surface area contributed by atoms with Crippen LogP contribution in [0.4, 0.5) is 0 Å². The maximum absolute atomic E-state index is 12.4. The zero-order chi connectivity index (χ0) is 19.1. The molecule has 1 N–H and O–H groups in total. The molecule has 0 saturated heterocycles. The first-order valence-electron chi connectivity index (χ1n) is 9.20. The van der Waals surface area contributed by atoms with Gasteiger partial charge in [0.15, 0.2) is 0 Å². The van der Waals surface area contributed by atoms with E-state index in [1.807, 2.05) is 48.5 Å². The molecule has 27 heavy (non-hydrogen) atoms. The second kappa shape index (κ2) is 9.07. The Bertz CT molecular complexity index is 847. The molecule has 2 heterocycles. The normalized spacial score (nSPS) is 12.1. The van der Waals surface area contributed by atoms with E-state index in [1.165, 1.54) is 0 Å². The number of carbonyl (C=O) groups is 1. The van der Waals surface area contributed by atoms with Gasteiger partial charge in [-0.3, -0.25) is 9.78 Å². The highest BCUT2D eigenvalue weighted by atomic mass is 16.5. The molecule has 3 aromatic rings. The van der Waals surface area contributed by atoms with Gasteiger partial charge in [-0.05, 0) is 30.0 Å². The molecule has 0 radical (unpaired) electrons. The average Bonchev–Trinajstić information content (AvgIpc) is 3.16. The maximum atomic E-state index is 12.4. The molecule has 0 aliphatic rings. The van der Waals surface area contributed by atoms with Crippen LogP contribution in [0.25, 0.3) is 11.5 Å². The molecule has 0 aliphatic carbocycles. The smallest absolute Gasteiger partial charge is 0.227 e. The van der Waals surface area contributed by atoms with Crippen LogP contribution in [0.5, 0.6) is 0 Å². The van der Waals surface area contributed by atoms with Gasteiger partial charge in [-0.25, -0.2) is 0 Å². The van der Waals surface area contributed by atoms with Crippen molar-refractivity contribution in [3.05, 3.63) is 66.2 Å². The lowest BCUT2D eigenvalue weighted by Crippen LogP contribution is -2.29. The summed E-state index contributed by atoms with van der Waals surface area (Å²) in [6.07, 6.45) is 3.26. The van der Waals surface area contributed by atoms with Crippen molar-refractivity contribution in [1.29, 1.82) is 0 Å². The summed E-state index contributed by atoms with van der Waals surface area (Å²) < 4.78 is 5.24. The van der Waals surface area contributed by atoms with E-state index in [-0.39, 0.29) is 11.9 Å². The number of nitrogens with one attached hydrogen (secondary N) is 1. The number of benzene rings is 1. The van der Waals surface area contributed by atoms with Gasteiger partial charge >= 0.3 is 0 Å². The molecule has 0 saturated carbocycles. The second-order valence-electron chi connectivity index (χ2n) is 6.89. The standard InChI is InChI=1S/C21H24N4O2/c1-15(2)14-18(16-8-4-3-5-9-16)23-19(26)11-12-20-24-21(25-27-20)17-10-6-7-13-22-17/h3-10,13,15,18H,11-12,14H2,1-2H3,(H,23,26). The molecule has 1 aromatic carbocycles. The Balaban J connectivity index is 1.57. The van der Waals surface area contributed by atoms with Crippen LogP contribution in [0, 0.1) is 5.92 Å². The number of nitrogens with zero attached hydrogens (tertiary/aromatic N) is 3. The predicted octanol–water partition coefficient (Wildman–Crippen LogP) is 3.97. The lowest BCUT2D eigenvalue weighted by atomic mass is 9.97. The first kappa shape index (κ1) is 18.8. The van der Waals surface area contributed by atoms with Crippen molar-refractivity contribution in [2.45, 2.75) is 39.2 Å². The third-order valence-electron chi connectivity index (χ3n) is 4.17. The van der Waals surface area contributed by atoms with Crippen molar-refractivity contribution in [2.75, 3.05) is 0 Å². The molecule has 3 rings (SSSR count). The number of hydrogen-bond donors (Lipinski definition) is 1. The van der Waals surface area contributed by atoms with Gasteiger partial charge in [-0.15, -0.1) is 0 Å². The molecule has 6 heteroatoms. The number of carbonyl (C=O) groups excluding carboxylic acids is 1. The van der Waals surface area contributed by atoms with Crippen LogP contribution in [-0.4, -0.2) is 21.0 Å². The van der Waals surface area contributed by atoms with E-state index in [1.54, 1.807) is 6.20 Å². The molecular formula is C21H24N4O2. The Labute approximate surface area is 159 Å². The van der Waals surface area contributed by atoms with Crippen LogP contribution in [0.2, 0.25) is 0 Å². The van der Waals surface area contributed by atoms with E-state index >= 15 is 0 Å². The first-order chi connectivity index (χ1) is 13.1. The minimum absolute atomic E-state index is 0.00506. The lowest BCUT2D eigenvalue weighted by Gasteiger charge is -2.21. The van der Waals surface area contributed by atoms with Crippen molar-refractivity contribution in [1.82, 2.24) is 20.4 Å². The van der Waals surface area contributed by atoms with Crippen molar-refractivity contribution in [3.63, 3.8) is 0 Å². The van der Waals surface area contributed by atoms with Gasteiger partial charge in [0.2, 0.25) is 17.6 Å². The minimum Gasteiger partial charge on any atom is -0.349 e. The molecule has 1 amide bonds. The van der Waals surface area contributed by atoms with Gasteiger partial charge in [-0.1, -0.05) is 55.4 Å². The fraction of sp³-hybridized carbons (Fsp3) is 0.333. The molecule has 0 aliphatic heterocycles. The highest BCUT2D eigenvalue weighted by Crippen LogP contribution is 2.21. The molecule has 0 spiro atoms. The number of rotatable bonds is 8. The van der Waals surface area contributed by atoms with E-state index in [2.05, 4.69) is 34.3 Å². The first-order valence-corrected chi connectivity index (χ1v) is 9.20. The summed E-state index contributed by atoms with van der Waals surface area (Å²) in [4.78, 5) is 21.0. The minimum atomic E-state index is -0.0258. The van der Waals surface area contributed by atoms with Gasteiger partial charge in [0.05, 0.1) is 6.04 Å². The Kier molecular flexibility index (Phi) is 6.30. The van der Waals surface area contributed by atoms with Crippen LogP contribution in [0.3, 0.4) is 0 Å². The van der Waals surface area contributed by atoms with Gasteiger partial charge in [-0.2, -0.15) is 4.98 Å². The van der Waals surface area contributed by atoms with E-state index in [0.717, 1.165) is 12.0 Å². The van der Waals surface area contributed by atoms with Gasteiger partial charge in [0, 0.05) is 19.0 Å². The highest BCUT2D eigenvalue weighted by molar-refractivity contribution is 5.76. The summed E-state index contributed by atoms with van der Waals surface area (Å²) in [5.41, 5.74) is 1.77. The Morgan fingerprint density at radius 3 is 2.59 bits per heavy atom. The van der Waals surface area contributed by atoms with Crippen molar-refractivity contribution < 1.29 is 9.32 Å². The van der Waals surface area contributed by atoms with Gasteiger partial charge in [0.1, 0.15) is 5.69 Å². The fourth-order valence-corrected chi connectivity index (χ4v) is 2.88. The van der Waals surface area contributed by atoms with Crippen molar-refractivity contribution in [3.8, 4) is 11.5 Å². The van der Waals surface area contributed by atoms with E-state index in [0.29, 0.717) is 36.2 Å². The average molecular weight is 364 g/mol. The van der Waals surface area contributed by atoms with Crippen molar-refractivity contribution in [2.24, 2.45) is 5.92 Å². The summed E-state index contributed by atoms with van der Waals surface area (Å²) in [5, 5.41) is 7.06. The largest absolute Gasteiger partial charge is 0.349 e. The Hall–Kier alpha value is -3.02. The molecule has 0 bridgehead atoms. The molecule has 1 atom stereocenters. The highest BCUT2D eigenvalue weighted by Gasteiger charge is 2.17. The van der Waals surface area contributed by atoms with E-state index in [9.17, 15) is 4.79 Å². The molecule has 0 fully saturated rings. The third-order valence-corrected chi connectivity index (χ3v) is 4.17. The quantitative estimate of drug-likeness (QED) is 0.654. The summed E-state index contributed by atoms with van der Waals surface area (Å²) in [5.74, 6) is 1.33.